The van der Waals surface area contributed by atoms with Gasteiger partial charge in [-0.1, -0.05) is 61.0 Å². The van der Waals surface area contributed by atoms with E-state index in [2.05, 4.69) is 60.2 Å². The third-order valence-electron chi connectivity index (χ3n) is 6.10. The smallest absolute Gasteiger partial charge is 0.271 e. The van der Waals surface area contributed by atoms with Crippen molar-refractivity contribution in [3.05, 3.63) is 77.9 Å². The Morgan fingerprint density at radius 2 is 1.91 bits per heavy atom. The molecule has 6 nitrogen and oxygen atoms in total. The lowest BCUT2D eigenvalue weighted by Gasteiger charge is -2.24. The number of aromatic amines is 1. The third-order valence-corrected chi connectivity index (χ3v) is 6.10. The summed E-state index contributed by atoms with van der Waals surface area (Å²) in [7, 11) is 0. The van der Waals surface area contributed by atoms with Crippen LogP contribution in [-0.4, -0.2) is 57.8 Å². The number of rotatable bonds is 6. The number of aromatic nitrogens is 2. The molecule has 0 aliphatic carbocycles. The summed E-state index contributed by atoms with van der Waals surface area (Å²) in [6.45, 7) is 6.35. The molecule has 4 rings (SSSR count). The molecule has 1 fully saturated rings. The number of nitrogens with one attached hydrogen (secondary N) is 1. The quantitative estimate of drug-likeness (QED) is 0.644. The summed E-state index contributed by atoms with van der Waals surface area (Å²) in [6, 6.07) is 16.7. The van der Waals surface area contributed by atoms with Crippen LogP contribution in [0.3, 0.4) is 0 Å². The van der Waals surface area contributed by atoms with E-state index in [9.17, 15) is 9.59 Å². The number of aryl methyl sites for hydroxylation is 1. The molecule has 1 aliphatic rings. The van der Waals surface area contributed by atoms with Crippen molar-refractivity contribution < 1.29 is 9.59 Å². The van der Waals surface area contributed by atoms with Gasteiger partial charge in [0.15, 0.2) is 0 Å². The van der Waals surface area contributed by atoms with E-state index in [0.29, 0.717) is 38.3 Å². The Balaban J connectivity index is 1.63. The zero-order valence-corrected chi connectivity index (χ0v) is 18.8. The molecule has 166 valence electrons. The van der Waals surface area contributed by atoms with Gasteiger partial charge in [-0.25, -0.2) is 4.98 Å². The molecule has 1 N–H and O–H groups in total. The van der Waals surface area contributed by atoms with Crippen LogP contribution in [0.5, 0.6) is 0 Å². The number of hydrogen-bond donors (Lipinski definition) is 1. The molecular weight excluding hydrogens is 400 g/mol. The predicted molar refractivity (Wildman–Crippen MR) is 125 cm³/mol. The van der Waals surface area contributed by atoms with E-state index in [1.807, 2.05) is 17.0 Å². The Morgan fingerprint density at radius 1 is 1.12 bits per heavy atom. The molecule has 0 spiro atoms. The first-order chi connectivity index (χ1) is 15.6. The minimum absolute atomic E-state index is 0.106. The van der Waals surface area contributed by atoms with Gasteiger partial charge in [0.1, 0.15) is 5.69 Å². The summed E-state index contributed by atoms with van der Waals surface area (Å²) in [6.07, 6.45) is 4.54. The number of benzene rings is 2. The molecule has 2 aromatic carbocycles. The Kier molecular flexibility index (Phi) is 6.69. The first-order valence-electron chi connectivity index (χ1n) is 11.3. The number of imidazole rings is 1. The van der Waals surface area contributed by atoms with Gasteiger partial charge in [-0.2, -0.15) is 0 Å². The normalized spacial score (nSPS) is 16.8. The van der Waals surface area contributed by atoms with Gasteiger partial charge >= 0.3 is 0 Å². The van der Waals surface area contributed by atoms with Crippen LogP contribution in [0.15, 0.2) is 61.1 Å². The van der Waals surface area contributed by atoms with Crippen LogP contribution < -0.4 is 0 Å². The average molecular weight is 431 g/mol. The molecule has 0 unspecified atom stereocenters. The largest absolute Gasteiger partial charge is 0.341 e. The molecule has 6 heteroatoms. The van der Waals surface area contributed by atoms with Gasteiger partial charge < -0.3 is 14.8 Å². The highest BCUT2D eigenvalue weighted by molar-refractivity contribution is 5.93. The topological polar surface area (TPSA) is 69.3 Å². The molecule has 32 heavy (non-hydrogen) atoms. The van der Waals surface area contributed by atoms with Gasteiger partial charge in [0, 0.05) is 26.2 Å². The molecule has 1 aliphatic heterocycles. The molecule has 1 saturated heterocycles. The fourth-order valence-corrected chi connectivity index (χ4v) is 4.40. The Hall–Kier alpha value is -3.41. The van der Waals surface area contributed by atoms with Gasteiger partial charge in [0.05, 0.1) is 18.4 Å². The molecule has 2 heterocycles. The second-order valence-electron chi connectivity index (χ2n) is 8.47. The van der Waals surface area contributed by atoms with Gasteiger partial charge in [0.25, 0.3) is 5.91 Å². The Bertz CT molecular complexity index is 1060. The van der Waals surface area contributed by atoms with E-state index in [1.54, 1.807) is 11.1 Å². The van der Waals surface area contributed by atoms with Crippen LogP contribution in [0.25, 0.3) is 11.1 Å². The highest BCUT2D eigenvalue weighted by Gasteiger charge is 2.33. The highest BCUT2D eigenvalue weighted by Crippen LogP contribution is 2.28. The van der Waals surface area contributed by atoms with Crippen molar-refractivity contribution in [2.24, 2.45) is 5.92 Å². The fraction of sp³-hybridized carbons (Fsp3) is 0.346. The predicted octanol–water partition coefficient (Wildman–Crippen LogP) is 3.94. The average Bonchev–Trinajstić information content (AvgIpc) is 3.30. The maximum Gasteiger partial charge on any atom is 0.271 e. The first-order valence-corrected chi connectivity index (χ1v) is 11.3. The molecule has 1 aromatic heterocycles. The Morgan fingerprint density at radius 3 is 2.62 bits per heavy atom. The van der Waals surface area contributed by atoms with Crippen molar-refractivity contribution in [2.45, 2.75) is 26.7 Å². The van der Waals surface area contributed by atoms with Crippen LogP contribution >= 0.6 is 0 Å². The minimum atomic E-state index is -0.289. The van der Waals surface area contributed by atoms with Crippen LogP contribution in [0.1, 0.15) is 35.0 Å². The number of amides is 2. The first kappa shape index (κ1) is 21.8. The maximum absolute atomic E-state index is 13.5. The maximum atomic E-state index is 13.5. The number of carbonyl (C=O) groups excluding carboxylic acids is 2. The molecule has 0 radical (unpaired) electrons. The van der Waals surface area contributed by atoms with Crippen molar-refractivity contribution in [1.29, 1.82) is 0 Å². The lowest BCUT2D eigenvalue weighted by Crippen LogP contribution is -2.38. The summed E-state index contributed by atoms with van der Waals surface area (Å²) in [4.78, 5) is 37.1. The number of carbonyl (C=O) groups is 2. The second kappa shape index (κ2) is 9.81. The summed E-state index contributed by atoms with van der Waals surface area (Å²) in [5.41, 5.74) is 5.08. The van der Waals surface area contributed by atoms with Crippen LogP contribution in [0, 0.1) is 12.8 Å². The van der Waals surface area contributed by atoms with Crippen LogP contribution in [-0.2, 0) is 11.2 Å². The van der Waals surface area contributed by atoms with Crippen LogP contribution in [0.2, 0.25) is 0 Å². The molecule has 0 bridgehead atoms. The lowest BCUT2D eigenvalue weighted by atomic mass is 9.91. The van der Waals surface area contributed by atoms with E-state index in [1.165, 1.54) is 11.9 Å². The van der Waals surface area contributed by atoms with E-state index in [0.717, 1.165) is 23.1 Å². The van der Waals surface area contributed by atoms with E-state index in [4.69, 9.17) is 0 Å². The monoisotopic (exact) mass is 430 g/mol. The molecule has 0 saturated carbocycles. The summed E-state index contributed by atoms with van der Waals surface area (Å²) >= 11 is 0. The van der Waals surface area contributed by atoms with E-state index < -0.39 is 0 Å². The van der Waals surface area contributed by atoms with E-state index >= 15 is 0 Å². The fourth-order valence-electron chi connectivity index (χ4n) is 4.40. The number of H-pyrrole nitrogens is 1. The van der Waals surface area contributed by atoms with Crippen LogP contribution in [0.4, 0.5) is 0 Å². The Labute approximate surface area is 189 Å². The van der Waals surface area contributed by atoms with Gasteiger partial charge in [0.2, 0.25) is 5.91 Å². The van der Waals surface area contributed by atoms with E-state index in [-0.39, 0.29) is 17.7 Å². The van der Waals surface area contributed by atoms with Crippen molar-refractivity contribution in [2.75, 3.05) is 26.2 Å². The zero-order chi connectivity index (χ0) is 22.5. The van der Waals surface area contributed by atoms with Crippen molar-refractivity contribution in [3.63, 3.8) is 0 Å². The van der Waals surface area contributed by atoms with Crippen molar-refractivity contribution >= 4 is 11.8 Å². The van der Waals surface area contributed by atoms with Crippen molar-refractivity contribution in [1.82, 2.24) is 19.8 Å². The summed E-state index contributed by atoms with van der Waals surface area (Å²) in [5, 5.41) is 0. The molecular formula is C26H30N4O2. The molecule has 2 amide bonds. The summed E-state index contributed by atoms with van der Waals surface area (Å²) in [5.74, 6) is -0.265. The number of hydrogen-bond acceptors (Lipinski definition) is 3. The van der Waals surface area contributed by atoms with Crippen molar-refractivity contribution in [3.8, 4) is 11.1 Å². The third kappa shape index (κ3) is 4.74. The lowest BCUT2D eigenvalue weighted by molar-refractivity contribution is -0.134. The standard InChI is InChI=1S/C26H30N4O2/c1-3-12-29-13-14-30(26(32)24-16-27-18-28-24)17-22(25(29)31)15-21-6-4-5-7-23(21)20-10-8-19(2)9-11-20/h4-11,16,18,22H,3,12-15,17H2,1-2H3,(H,27,28)/t22-/m1/s1. The van der Waals surface area contributed by atoms with Gasteiger partial charge in [-0.15, -0.1) is 0 Å². The SMILES string of the molecule is CCCN1CCN(C(=O)c2cnc[nH]2)C[C@@H](Cc2ccccc2-c2ccc(C)cc2)C1=O. The minimum Gasteiger partial charge on any atom is -0.341 e. The second-order valence-corrected chi connectivity index (χ2v) is 8.47. The molecule has 1 atom stereocenters. The summed E-state index contributed by atoms with van der Waals surface area (Å²) < 4.78 is 0. The number of nitrogens with zero attached hydrogens (tertiary/aromatic N) is 3. The zero-order valence-electron chi connectivity index (χ0n) is 18.8. The highest BCUT2D eigenvalue weighted by atomic mass is 16.2. The van der Waals surface area contributed by atoms with Gasteiger partial charge in [-0.05, 0) is 36.5 Å². The van der Waals surface area contributed by atoms with Gasteiger partial charge in [-0.3, -0.25) is 9.59 Å². The molecule has 3 aromatic rings.